The van der Waals surface area contributed by atoms with Gasteiger partial charge in [-0.2, -0.15) is 0 Å². The van der Waals surface area contributed by atoms with Crippen LogP contribution in [0, 0.1) is 13.8 Å². The molecule has 14 heavy (non-hydrogen) atoms. The van der Waals surface area contributed by atoms with Crippen molar-refractivity contribution in [3.8, 4) is 5.75 Å². The number of ether oxygens (including phenoxy) is 1. The van der Waals surface area contributed by atoms with E-state index in [0.717, 1.165) is 21.3 Å². The van der Waals surface area contributed by atoms with E-state index in [-0.39, 0.29) is 6.61 Å². The molecule has 1 aromatic carbocycles. The van der Waals surface area contributed by atoms with Gasteiger partial charge in [0.15, 0.2) is 6.61 Å². The van der Waals surface area contributed by atoms with E-state index in [0.29, 0.717) is 0 Å². The number of amides is 1. The third kappa shape index (κ3) is 2.73. The Morgan fingerprint density at radius 1 is 1.43 bits per heavy atom. The number of carbonyl (C=O) groups is 1. The molecule has 0 aliphatic rings. The number of hydrogen-bond acceptors (Lipinski definition) is 2. The van der Waals surface area contributed by atoms with Crippen LogP contribution < -0.4 is 10.5 Å². The summed E-state index contributed by atoms with van der Waals surface area (Å²) >= 11 is 3.38. The van der Waals surface area contributed by atoms with Crippen LogP contribution in [0.5, 0.6) is 5.75 Å². The molecule has 0 aliphatic heterocycles. The van der Waals surface area contributed by atoms with Crippen LogP contribution in [0.25, 0.3) is 0 Å². The van der Waals surface area contributed by atoms with Gasteiger partial charge in [0.05, 0.1) is 0 Å². The fraction of sp³-hybridized carbons (Fsp3) is 0.300. The van der Waals surface area contributed by atoms with Gasteiger partial charge in [-0.25, -0.2) is 0 Å². The Hall–Kier alpha value is -1.03. The van der Waals surface area contributed by atoms with Gasteiger partial charge < -0.3 is 10.5 Å². The van der Waals surface area contributed by atoms with E-state index in [9.17, 15) is 4.79 Å². The van der Waals surface area contributed by atoms with Gasteiger partial charge in [-0.05, 0) is 37.1 Å². The summed E-state index contributed by atoms with van der Waals surface area (Å²) in [7, 11) is 0. The van der Waals surface area contributed by atoms with Crippen molar-refractivity contribution in [3.05, 3.63) is 27.7 Å². The van der Waals surface area contributed by atoms with Gasteiger partial charge in [0.1, 0.15) is 5.75 Å². The normalized spacial score (nSPS) is 9.93. The highest BCUT2D eigenvalue weighted by atomic mass is 79.9. The van der Waals surface area contributed by atoms with E-state index >= 15 is 0 Å². The Morgan fingerprint density at radius 2 is 1.93 bits per heavy atom. The second kappa shape index (κ2) is 4.46. The van der Waals surface area contributed by atoms with Crippen molar-refractivity contribution in [2.75, 3.05) is 6.61 Å². The largest absolute Gasteiger partial charge is 0.483 e. The van der Waals surface area contributed by atoms with Crippen LogP contribution in [0.3, 0.4) is 0 Å². The predicted molar refractivity (Wildman–Crippen MR) is 58.3 cm³/mol. The molecule has 0 spiro atoms. The van der Waals surface area contributed by atoms with Crippen LogP contribution in [0.2, 0.25) is 0 Å². The number of carbonyl (C=O) groups excluding carboxylic acids is 1. The Balaban J connectivity index is 2.91. The third-order valence-electron chi connectivity index (χ3n) is 1.78. The first-order chi connectivity index (χ1) is 6.50. The average molecular weight is 258 g/mol. The summed E-state index contributed by atoms with van der Waals surface area (Å²) in [5.74, 6) is 0.263. The fourth-order valence-electron chi connectivity index (χ4n) is 1.27. The van der Waals surface area contributed by atoms with Crippen LogP contribution >= 0.6 is 15.9 Å². The van der Waals surface area contributed by atoms with Crippen LogP contribution in [-0.2, 0) is 4.79 Å². The highest BCUT2D eigenvalue weighted by Gasteiger charge is 2.06. The zero-order valence-corrected chi connectivity index (χ0v) is 9.72. The van der Waals surface area contributed by atoms with Crippen LogP contribution in [-0.4, -0.2) is 12.5 Å². The quantitative estimate of drug-likeness (QED) is 0.900. The number of rotatable bonds is 3. The molecule has 4 heteroatoms. The molecule has 0 atom stereocenters. The number of hydrogen-bond donors (Lipinski definition) is 1. The SMILES string of the molecule is Cc1cc(Br)cc(C)c1OCC(N)=O. The van der Waals surface area contributed by atoms with Gasteiger partial charge in [0, 0.05) is 4.47 Å². The first-order valence-electron chi connectivity index (χ1n) is 4.18. The second-order valence-electron chi connectivity index (χ2n) is 3.12. The summed E-state index contributed by atoms with van der Waals surface area (Å²) < 4.78 is 6.29. The number of nitrogens with two attached hydrogens (primary N) is 1. The van der Waals surface area contributed by atoms with Gasteiger partial charge in [0.25, 0.3) is 5.91 Å². The van der Waals surface area contributed by atoms with Crippen molar-refractivity contribution in [2.24, 2.45) is 5.73 Å². The molecule has 0 saturated carbocycles. The molecule has 1 rings (SSSR count). The first-order valence-corrected chi connectivity index (χ1v) is 4.98. The van der Waals surface area contributed by atoms with Gasteiger partial charge in [-0.15, -0.1) is 0 Å². The summed E-state index contributed by atoms with van der Waals surface area (Å²) in [6, 6.07) is 3.87. The minimum atomic E-state index is -0.466. The summed E-state index contributed by atoms with van der Waals surface area (Å²) in [5.41, 5.74) is 6.97. The molecule has 0 aromatic heterocycles. The molecule has 0 saturated heterocycles. The lowest BCUT2D eigenvalue weighted by Gasteiger charge is -2.10. The smallest absolute Gasteiger partial charge is 0.255 e. The minimum absolute atomic E-state index is 0.0800. The molecule has 3 nitrogen and oxygen atoms in total. The second-order valence-corrected chi connectivity index (χ2v) is 4.04. The zero-order valence-electron chi connectivity index (χ0n) is 8.13. The van der Waals surface area contributed by atoms with Crippen LogP contribution in [0.4, 0.5) is 0 Å². The van der Waals surface area contributed by atoms with Crippen molar-refractivity contribution in [3.63, 3.8) is 0 Å². The topological polar surface area (TPSA) is 52.3 Å². The zero-order chi connectivity index (χ0) is 10.7. The molecule has 76 valence electrons. The molecular formula is C10H12BrNO2. The van der Waals surface area contributed by atoms with Crippen molar-refractivity contribution in [2.45, 2.75) is 13.8 Å². The van der Waals surface area contributed by atoms with Crippen molar-refractivity contribution < 1.29 is 9.53 Å². The minimum Gasteiger partial charge on any atom is -0.483 e. The van der Waals surface area contributed by atoms with E-state index in [1.54, 1.807) is 0 Å². The Bertz CT molecular complexity index is 340. The van der Waals surface area contributed by atoms with E-state index < -0.39 is 5.91 Å². The summed E-state index contributed by atoms with van der Waals surface area (Å²) in [6.45, 7) is 3.77. The highest BCUT2D eigenvalue weighted by Crippen LogP contribution is 2.27. The molecule has 1 amide bonds. The van der Waals surface area contributed by atoms with Crippen LogP contribution in [0.15, 0.2) is 16.6 Å². The van der Waals surface area contributed by atoms with Crippen LogP contribution in [0.1, 0.15) is 11.1 Å². The maximum absolute atomic E-state index is 10.6. The molecule has 1 aromatic rings. The first kappa shape index (κ1) is 11.0. The number of primary amides is 1. The lowest BCUT2D eigenvalue weighted by atomic mass is 10.1. The molecular weight excluding hydrogens is 246 g/mol. The van der Waals surface area contributed by atoms with Gasteiger partial charge in [-0.3, -0.25) is 4.79 Å². The molecule has 2 N–H and O–H groups in total. The molecule has 0 heterocycles. The van der Waals surface area contributed by atoms with Gasteiger partial charge in [-0.1, -0.05) is 15.9 Å². The van der Waals surface area contributed by atoms with E-state index in [1.165, 1.54) is 0 Å². The van der Waals surface area contributed by atoms with Crippen molar-refractivity contribution >= 4 is 21.8 Å². The Labute approximate surface area is 91.4 Å². The number of benzene rings is 1. The maximum atomic E-state index is 10.6. The lowest BCUT2D eigenvalue weighted by molar-refractivity contribution is -0.119. The summed E-state index contributed by atoms with van der Waals surface area (Å²) in [5, 5.41) is 0. The molecule has 0 bridgehead atoms. The van der Waals surface area contributed by atoms with Gasteiger partial charge >= 0.3 is 0 Å². The molecule has 0 aliphatic carbocycles. The Morgan fingerprint density at radius 3 is 2.36 bits per heavy atom. The highest BCUT2D eigenvalue weighted by molar-refractivity contribution is 9.10. The molecule has 0 fully saturated rings. The van der Waals surface area contributed by atoms with E-state index in [4.69, 9.17) is 10.5 Å². The molecule has 0 radical (unpaired) electrons. The summed E-state index contributed by atoms with van der Waals surface area (Å²) in [4.78, 5) is 10.6. The fourth-order valence-corrected chi connectivity index (χ4v) is 1.96. The molecule has 0 unspecified atom stereocenters. The average Bonchev–Trinajstić information content (AvgIpc) is 2.01. The Kier molecular flexibility index (Phi) is 3.52. The van der Waals surface area contributed by atoms with Gasteiger partial charge in [0.2, 0.25) is 0 Å². The summed E-state index contributed by atoms with van der Waals surface area (Å²) in [6.07, 6.45) is 0. The monoisotopic (exact) mass is 257 g/mol. The number of halogens is 1. The predicted octanol–water partition coefficient (Wildman–Crippen LogP) is 1.93. The van der Waals surface area contributed by atoms with E-state index in [2.05, 4.69) is 15.9 Å². The van der Waals surface area contributed by atoms with E-state index in [1.807, 2.05) is 26.0 Å². The standard InChI is InChI=1S/C10H12BrNO2/c1-6-3-8(11)4-7(2)10(6)14-5-9(12)13/h3-4H,5H2,1-2H3,(H2,12,13). The lowest BCUT2D eigenvalue weighted by Crippen LogP contribution is -2.20. The number of aryl methyl sites for hydroxylation is 2. The van der Waals surface area contributed by atoms with Crippen molar-refractivity contribution in [1.29, 1.82) is 0 Å². The third-order valence-corrected chi connectivity index (χ3v) is 2.24. The van der Waals surface area contributed by atoms with Crippen molar-refractivity contribution in [1.82, 2.24) is 0 Å². The maximum Gasteiger partial charge on any atom is 0.255 e.